The Balaban J connectivity index is 1.51. The molecule has 1 aromatic rings. The molecule has 4 fully saturated rings. The molecule has 8 nitrogen and oxygen atoms in total. The number of cyclic esters (lactones) is 2. The smallest absolute Gasteiger partial charge is 0.307 e. The number of hydrogen-bond acceptors (Lipinski definition) is 8. The van der Waals surface area contributed by atoms with Crippen LogP contribution in [0.1, 0.15) is 65.0 Å². The number of carbonyl (C=O) groups is 4. The van der Waals surface area contributed by atoms with Crippen molar-refractivity contribution in [3.05, 3.63) is 35.8 Å². The number of ketones is 1. The number of Topliss-reactive ketones (excluding diaryl/α,β-unsaturated/α-hetero) is 1. The van der Waals surface area contributed by atoms with Crippen LogP contribution in [-0.4, -0.2) is 36.4 Å². The van der Waals surface area contributed by atoms with E-state index in [0.717, 1.165) is 24.0 Å². The highest BCUT2D eigenvalue weighted by Crippen LogP contribution is 2.68. The molecular formula is C28H32O8. The third-order valence-electron chi connectivity index (χ3n) is 10.3. The zero-order valence-corrected chi connectivity index (χ0v) is 21.1. The van der Waals surface area contributed by atoms with E-state index in [0.29, 0.717) is 0 Å². The summed E-state index contributed by atoms with van der Waals surface area (Å²) in [4.78, 5) is 51.7. The Hall–Kier alpha value is -2.90. The normalized spacial score (nSPS) is 45.3. The van der Waals surface area contributed by atoms with Gasteiger partial charge in [-0.25, -0.2) is 0 Å². The lowest BCUT2D eigenvalue weighted by atomic mass is 9.40. The van der Waals surface area contributed by atoms with Crippen molar-refractivity contribution in [2.24, 2.45) is 39.9 Å². The molecule has 3 heterocycles. The van der Waals surface area contributed by atoms with Gasteiger partial charge in [0.2, 0.25) is 0 Å². The number of ether oxygens (including phenoxy) is 3. The minimum atomic E-state index is -0.826. The van der Waals surface area contributed by atoms with Gasteiger partial charge in [-0.3, -0.25) is 19.2 Å². The van der Waals surface area contributed by atoms with Gasteiger partial charge in [0.05, 0.1) is 31.3 Å². The number of allylic oxidation sites excluding steroid dienone is 1. The number of furan rings is 1. The Bertz CT molecular complexity index is 1180. The zero-order chi connectivity index (χ0) is 25.6. The standard InChI is InChI=1S/C28H32O8/c1-14(29)35-25-17-9-16-18(28(4,23(17)32)20-11-21(30)34-13-27(20,25)3)5-7-26(2)19(16)10-22(31)36-24(26)15-6-8-33-12-15/h6,8-9,12,17-20,24-25H,5,7,10-11,13H2,1-4H3. The molecule has 192 valence electrons. The van der Waals surface area contributed by atoms with Gasteiger partial charge in [0.15, 0.2) is 0 Å². The number of fused-ring (bicyclic) bond motifs is 8. The van der Waals surface area contributed by atoms with Crippen LogP contribution in [0.5, 0.6) is 0 Å². The van der Waals surface area contributed by atoms with Gasteiger partial charge in [0.25, 0.3) is 0 Å². The van der Waals surface area contributed by atoms with Crippen molar-refractivity contribution in [2.75, 3.05) is 6.61 Å². The molecule has 8 heteroatoms. The molecule has 5 aliphatic rings. The van der Waals surface area contributed by atoms with Crippen molar-refractivity contribution in [3.8, 4) is 0 Å². The molecule has 6 rings (SSSR count). The first kappa shape index (κ1) is 23.5. The molecule has 0 spiro atoms. The molecule has 36 heavy (non-hydrogen) atoms. The molecule has 0 amide bonds. The Morgan fingerprint density at radius 2 is 1.83 bits per heavy atom. The fourth-order valence-electron chi connectivity index (χ4n) is 8.54. The van der Waals surface area contributed by atoms with Crippen molar-refractivity contribution in [1.82, 2.24) is 0 Å². The topological polar surface area (TPSA) is 109 Å². The van der Waals surface area contributed by atoms with E-state index in [1.54, 1.807) is 12.5 Å². The SMILES string of the molecule is CC(=O)OC1C2C=C3C4CC(=O)OC(c5ccoc5)C4(C)CCC3C(C)(C2=O)C2CC(=O)OCC12C. The van der Waals surface area contributed by atoms with Gasteiger partial charge in [0.1, 0.15) is 24.6 Å². The van der Waals surface area contributed by atoms with Gasteiger partial charge in [-0.05, 0) is 36.7 Å². The van der Waals surface area contributed by atoms with Crippen LogP contribution in [-0.2, 0) is 33.4 Å². The predicted octanol–water partition coefficient (Wildman–Crippen LogP) is 3.95. The summed E-state index contributed by atoms with van der Waals surface area (Å²) < 4.78 is 22.5. The molecular weight excluding hydrogens is 464 g/mol. The van der Waals surface area contributed by atoms with Crippen LogP contribution in [0, 0.1) is 39.9 Å². The zero-order valence-electron chi connectivity index (χ0n) is 21.1. The first-order chi connectivity index (χ1) is 17.0. The highest BCUT2D eigenvalue weighted by Gasteiger charge is 2.71. The van der Waals surface area contributed by atoms with Gasteiger partial charge >= 0.3 is 17.9 Å². The molecule has 9 atom stereocenters. The Kier molecular flexibility index (Phi) is 4.93. The van der Waals surface area contributed by atoms with Crippen molar-refractivity contribution < 1.29 is 37.8 Å². The van der Waals surface area contributed by atoms with Crippen LogP contribution < -0.4 is 0 Å². The number of rotatable bonds is 2. The third-order valence-corrected chi connectivity index (χ3v) is 10.3. The molecule has 2 bridgehead atoms. The third kappa shape index (κ3) is 2.93. The van der Waals surface area contributed by atoms with E-state index in [4.69, 9.17) is 18.6 Å². The van der Waals surface area contributed by atoms with E-state index in [1.165, 1.54) is 6.92 Å². The second-order valence-electron chi connectivity index (χ2n) is 12.1. The second-order valence-corrected chi connectivity index (χ2v) is 12.1. The second kappa shape index (κ2) is 7.56. The molecule has 2 saturated heterocycles. The number of esters is 3. The maximum atomic E-state index is 14.1. The van der Waals surface area contributed by atoms with Crippen LogP contribution in [0.2, 0.25) is 0 Å². The van der Waals surface area contributed by atoms with Crippen LogP contribution in [0.15, 0.2) is 34.7 Å². The molecule has 1 aromatic heterocycles. The summed E-state index contributed by atoms with van der Waals surface area (Å²) >= 11 is 0. The van der Waals surface area contributed by atoms with E-state index in [1.807, 2.05) is 26.0 Å². The highest BCUT2D eigenvalue weighted by molar-refractivity contribution is 5.94. The van der Waals surface area contributed by atoms with Crippen molar-refractivity contribution in [3.63, 3.8) is 0 Å². The van der Waals surface area contributed by atoms with E-state index in [9.17, 15) is 19.2 Å². The van der Waals surface area contributed by atoms with Gasteiger partial charge < -0.3 is 18.6 Å². The summed E-state index contributed by atoms with van der Waals surface area (Å²) in [5, 5.41) is 0. The summed E-state index contributed by atoms with van der Waals surface area (Å²) in [5.41, 5.74) is 0.0116. The summed E-state index contributed by atoms with van der Waals surface area (Å²) in [6, 6.07) is 1.84. The first-order valence-corrected chi connectivity index (χ1v) is 12.8. The summed E-state index contributed by atoms with van der Waals surface area (Å²) in [6.45, 7) is 7.57. The average Bonchev–Trinajstić information content (AvgIpc) is 3.35. The van der Waals surface area contributed by atoms with E-state index >= 15 is 0 Å². The van der Waals surface area contributed by atoms with E-state index in [-0.39, 0.29) is 60.3 Å². The lowest BCUT2D eigenvalue weighted by Crippen LogP contribution is -2.69. The molecule has 2 aliphatic heterocycles. The molecule has 0 aromatic carbocycles. The molecule has 2 saturated carbocycles. The van der Waals surface area contributed by atoms with Crippen LogP contribution >= 0.6 is 0 Å². The summed E-state index contributed by atoms with van der Waals surface area (Å²) in [7, 11) is 0. The van der Waals surface area contributed by atoms with Crippen LogP contribution in [0.3, 0.4) is 0 Å². The number of hydrogen-bond donors (Lipinski definition) is 0. The van der Waals surface area contributed by atoms with Crippen molar-refractivity contribution in [1.29, 1.82) is 0 Å². The van der Waals surface area contributed by atoms with Crippen LogP contribution in [0.4, 0.5) is 0 Å². The lowest BCUT2D eigenvalue weighted by molar-refractivity contribution is -0.218. The quantitative estimate of drug-likeness (QED) is 0.344. The molecule has 3 aliphatic carbocycles. The minimum Gasteiger partial charge on any atom is -0.472 e. The maximum absolute atomic E-state index is 14.1. The minimum absolute atomic E-state index is 0.0213. The Morgan fingerprint density at radius 1 is 1.06 bits per heavy atom. The monoisotopic (exact) mass is 496 g/mol. The van der Waals surface area contributed by atoms with Gasteiger partial charge in [-0.15, -0.1) is 0 Å². The molecule has 0 radical (unpaired) electrons. The number of carbonyl (C=O) groups excluding carboxylic acids is 4. The van der Waals surface area contributed by atoms with Crippen LogP contribution in [0.25, 0.3) is 0 Å². The average molecular weight is 497 g/mol. The largest absolute Gasteiger partial charge is 0.472 e. The molecule has 9 unspecified atom stereocenters. The van der Waals surface area contributed by atoms with E-state index < -0.39 is 34.9 Å². The van der Waals surface area contributed by atoms with Gasteiger partial charge in [-0.1, -0.05) is 32.4 Å². The first-order valence-electron chi connectivity index (χ1n) is 12.8. The highest BCUT2D eigenvalue weighted by atomic mass is 16.6. The Labute approximate surface area is 209 Å². The van der Waals surface area contributed by atoms with Gasteiger partial charge in [0, 0.05) is 28.7 Å². The summed E-state index contributed by atoms with van der Waals surface area (Å²) in [5.74, 6) is -2.29. The Morgan fingerprint density at radius 3 is 2.53 bits per heavy atom. The molecule has 0 N–H and O–H groups in total. The fourth-order valence-corrected chi connectivity index (χ4v) is 8.54. The van der Waals surface area contributed by atoms with Crippen molar-refractivity contribution in [2.45, 2.75) is 65.6 Å². The predicted molar refractivity (Wildman–Crippen MR) is 124 cm³/mol. The van der Waals surface area contributed by atoms with E-state index in [2.05, 4.69) is 6.92 Å². The lowest BCUT2D eigenvalue weighted by Gasteiger charge is -2.64. The summed E-state index contributed by atoms with van der Waals surface area (Å²) in [6.07, 6.45) is 5.84. The van der Waals surface area contributed by atoms with Crippen molar-refractivity contribution >= 4 is 23.7 Å². The maximum Gasteiger partial charge on any atom is 0.307 e. The fraction of sp³-hybridized carbons (Fsp3) is 0.643. The van der Waals surface area contributed by atoms with Gasteiger partial charge in [-0.2, -0.15) is 0 Å².